The number of halogens is 1. The van der Waals surface area contributed by atoms with E-state index in [1.165, 1.54) is 0 Å². The maximum Gasteiger partial charge on any atom is 0.410 e. The second-order valence-corrected chi connectivity index (χ2v) is 7.39. The predicted molar refractivity (Wildman–Crippen MR) is 88.9 cm³/mol. The Bertz CT molecular complexity index is 569. The molecule has 0 radical (unpaired) electrons. The summed E-state index contributed by atoms with van der Waals surface area (Å²) in [6.45, 7) is 6.58. The molecule has 2 N–H and O–H groups in total. The average Bonchev–Trinajstić information content (AvgIpc) is 2.56. The van der Waals surface area contributed by atoms with Crippen molar-refractivity contribution in [2.24, 2.45) is 5.73 Å². The van der Waals surface area contributed by atoms with Crippen LogP contribution in [0.25, 0.3) is 0 Å². The van der Waals surface area contributed by atoms with Crippen molar-refractivity contribution >= 4 is 22.0 Å². The van der Waals surface area contributed by atoms with Crippen LogP contribution in [0.1, 0.15) is 44.4 Å². The van der Waals surface area contributed by atoms with Crippen molar-refractivity contribution in [2.45, 2.75) is 45.4 Å². The van der Waals surface area contributed by atoms with E-state index >= 15 is 0 Å². The number of rotatable bonds is 1. The predicted octanol–water partition coefficient (Wildman–Crippen LogP) is 3.60. The van der Waals surface area contributed by atoms with Crippen LogP contribution in [0.2, 0.25) is 0 Å². The molecule has 0 aliphatic carbocycles. The van der Waals surface area contributed by atoms with Crippen LogP contribution in [0.15, 0.2) is 16.6 Å². The summed E-state index contributed by atoms with van der Waals surface area (Å²) in [7, 11) is 1.62. The highest BCUT2D eigenvalue weighted by atomic mass is 79.9. The van der Waals surface area contributed by atoms with Crippen LogP contribution >= 0.6 is 15.9 Å². The third kappa shape index (κ3) is 3.93. The lowest BCUT2D eigenvalue weighted by Crippen LogP contribution is -2.36. The van der Waals surface area contributed by atoms with E-state index in [0.717, 1.165) is 21.3 Å². The third-order valence-corrected chi connectivity index (χ3v) is 4.00. The van der Waals surface area contributed by atoms with E-state index in [1.807, 2.05) is 32.9 Å². The van der Waals surface area contributed by atoms with E-state index in [1.54, 1.807) is 12.0 Å². The maximum atomic E-state index is 12.4. The molecule has 1 aliphatic rings. The molecular weight excluding hydrogens is 348 g/mol. The molecule has 0 saturated carbocycles. The number of carbonyl (C=O) groups is 1. The minimum absolute atomic E-state index is 0.131. The Morgan fingerprint density at radius 2 is 2.09 bits per heavy atom. The molecule has 0 saturated heterocycles. The lowest BCUT2D eigenvalue weighted by molar-refractivity contribution is 0.0234. The standard InChI is InChI=1S/C16H23BrN2O3/c1-16(2,3)22-15(20)19-6-5-13(18)11-7-10(17)8-14(21-4)12(11)9-19/h7-8,13H,5-6,9,18H2,1-4H3/t13-/m0/s1. The average molecular weight is 371 g/mol. The van der Waals surface area contributed by atoms with Crippen molar-refractivity contribution in [1.82, 2.24) is 4.90 Å². The number of nitrogens with zero attached hydrogens (tertiary/aromatic N) is 1. The van der Waals surface area contributed by atoms with Crippen molar-refractivity contribution in [3.05, 3.63) is 27.7 Å². The molecular formula is C16H23BrN2O3. The van der Waals surface area contributed by atoms with Gasteiger partial charge >= 0.3 is 6.09 Å². The van der Waals surface area contributed by atoms with Gasteiger partial charge in [0, 0.05) is 22.6 Å². The Morgan fingerprint density at radius 3 is 2.68 bits per heavy atom. The summed E-state index contributed by atoms with van der Waals surface area (Å²) in [5, 5.41) is 0. The minimum Gasteiger partial charge on any atom is -0.496 e. The van der Waals surface area contributed by atoms with Gasteiger partial charge in [-0.25, -0.2) is 4.79 Å². The number of benzene rings is 1. The first-order valence-corrected chi connectivity index (χ1v) is 8.10. The summed E-state index contributed by atoms with van der Waals surface area (Å²) in [4.78, 5) is 14.1. The van der Waals surface area contributed by atoms with Crippen molar-refractivity contribution in [1.29, 1.82) is 0 Å². The number of ether oxygens (including phenoxy) is 2. The fourth-order valence-corrected chi connectivity index (χ4v) is 2.97. The van der Waals surface area contributed by atoms with Crippen LogP contribution in [-0.4, -0.2) is 30.2 Å². The Labute approximate surface area is 139 Å². The van der Waals surface area contributed by atoms with Crippen molar-refractivity contribution in [3.63, 3.8) is 0 Å². The molecule has 22 heavy (non-hydrogen) atoms. The largest absolute Gasteiger partial charge is 0.496 e. The number of hydrogen-bond acceptors (Lipinski definition) is 4. The van der Waals surface area contributed by atoms with Crippen molar-refractivity contribution in [3.8, 4) is 5.75 Å². The van der Waals surface area contributed by atoms with Gasteiger partial charge in [-0.2, -0.15) is 0 Å². The molecule has 0 fully saturated rings. The Balaban J connectivity index is 2.33. The lowest BCUT2D eigenvalue weighted by atomic mass is 9.99. The number of carbonyl (C=O) groups excluding carboxylic acids is 1. The van der Waals surface area contributed by atoms with Crippen LogP contribution in [0.5, 0.6) is 5.75 Å². The Morgan fingerprint density at radius 1 is 1.41 bits per heavy atom. The molecule has 0 spiro atoms. The lowest BCUT2D eigenvalue weighted by Gasteiger charge is -2.27. The number of hydrogen-bond donors (Lipinski definition) is 1. The number of nitrogens with two attached hydrogens (primary N) is 1. The highest BCUT2D eigenvalue weighted by molar-refractivity contribution is 9.10. The molecule has 1 heterocycles. The van der Waals surface area contributed by atoms with E-state index < -0.39 is 5.60 Å². The summed E-state index contributed by atoms with van der Waals surface area (Å²) in [6.07, 6.45) is 0.365. The summed E-state index contributed by atoms with van der Waals surface area (Å²) >= 11 is 3.48. The first-order chi connectivity index (χ1) is 10.2. The molecule has 0 unspecified atom stereocenters. The van der Waals surface area contributed by atoms with Gasteiger partial charge in [0.2, 0.25) is 0 Å². The van der Waals surface area contributed by atoms with Gasteiger partial charge in [0.05, 0.1) is 13.7 Å². The van der Waals surface area contributed by atoms with Crippen LogP contribution in [0.4, 0.5) is 4.79 Å². The Kier molecular flexibility index (Phi) is 5.02. The van der Waals surface area contributed by atoms with E-state index in [4.69, 9.17) is 15.2 Å². The van der Waals surface area contributed by atoms with Gasteiger partial charge in [0.25, 0.3) is 0 Å². The molecule has 6 heteroatoms. The van der Waals surface area contributed by atoms with Gasteiger partial charge in [-0.05, 0) is 44.9 Å². The zero-order valence-electron chi connectivity index (χ0n) is 13.5. The second-order valence-electron chi connectivity index (χ2n) is 6.47. The van der Waals surface area contributed by atoms with Crippen molar-refractivity contribution < 1.29 is 14.3 Å². The van der Waals surface area contributed by atoms with E-state index in [0.29, 0.717) is 19.5 Å². The van der Waals surface area contributed by atoms with E-state index in [-0.39, 0.29) is 12.1 Å². The highest BCUT2D eigenvalue weighted by Gasteiger charge is 2.28. The van der Waals surface area contributed by atoms with Crippen LogP contribution in [0, 0.1) is 0 Å². The zero-order valence-corrected chi connectivity index (χ0v) is 15.1. The zero-order chi connectivity index (χ0) is 16.5. The first-order valence-electron chi connectivity index (χ1n) is 7.31. The van der Waals surface area contributed by atoms with Gasteiger partial charge in [-0.3, -0.25) is 0 Å². The molecule has 1 aromatic rings. The fourth-order valence-electron chi connectivity index (χ4n) is 2.52. The molecule has 1 amide bonds. The fraction of sp³-hybridized carbons (Fsp3) is 0.562. The molecule has 1 aromatic carbocycles. The molecule has 2 rings (SSSR count). The summed E-state index contributed by atoms with van der Waals surface area (Å²) in [5.74, 6) is 0.732. The molecule has 5 nitrogen and oxygen atoms in total. The number of amides is 1. The second kappa shape index (κ2) is 6.46. The third-order valence-electron chi connectivity index (χ3n) is 3.54. The SMILES string of the molecule is COc1cc(Br)cc2c1CN(C(=O)OC(C)(C)C)CC[C@@H]2N. The highest BCUT2D eigenvalue weighted by Crippen LogP contribution is 2.35. The topological polar surface area (TPSA) is 64.8 Å². The Hall–Kier alpha value is -1.27. The van der Waals surface area contributed by atoms with Crippen LogP contribution in [-0.2, 0) is 11.3 Å². The van der Waals surface area contributed by atoms with Gasteiger partial charge in [-0.15, -0.1) is 0 Å². The molecule has 0 bridgehead atoms. The smallest absolute Gasteiger partial charge is 0.410 e. The monoisotopic (exact) mass is 370 g/mol. The maximum absolute atomic E-state index is 12.4. The van der Waals surface area contributed by atoms with Gasteiger partial charge in [0.1, 0.15) is 11.4 Å². The number of methoxy groups -OCH3 is 1. The van der Waals surface area contributed by atoms with Crippen LogP contribution < -0.4 is 10.5 Å². The molecule has 122 valence electrons. The minimum atomic E-state index is -0.516. The van der Waals surface area contributed by atoms with E-state index in [2.05, 4.69) is 15.9 Å². The summed E-state index contributed by atoms with van der Waals surface area (Å²) in [5.41, 5.74) is 7.71. The van der Waals surface area contributed by atoms with Gasteiger partial charge in [-0.1, -0.05) is 15.9 Å². The van der Waals surface area contributed by atoms with E-state index in [9.17, 15) is 4.79 Å². The normalized spacial score (nSPS) is 18.5. The number of fused-ring (bicyclic) bond motifs is 1. The summed E-state index contributed by atoms with van der Waals surface area (Å²) < 4.78 is 11.9. The van der Waals surface area contributed by atoms with Crippen LogP contribution in [0.3, 0.4) is 0 Å². The van der Waals surface area contributed by atoms with Crippen molar-refractivity contribution in [2.75, 3.05) is 13.7 Å². The summed E-state index contributed by atoms with van der Waals surface area (Å²) in [6, 6.07) is 3.76. The molecule has 1 atom stereocenters. The van der Waals surface area contributed by atoms with Gasteiger partial charge < -0.3 is 20.1 Å². The molecule has 1 aliphatic heterocycles. The van der Waals surface area contributed by atoms with Gasteiger partial charge in [0.15, 0.2) is 0 Å². The quantitative estimate of drug-likeness (QED) is 0.819. The molecule has 0 aromatic heterocycles. The first kappa shape index (κ1) is 17.1.